The zero-order valence-electron chi connectivity index (χ0n) is 20.9. The lowest BCUT2D eigenvalue weighted by molar-refractivity contribution is -0.111. The number of carbonyl (C=O) groups is 2. The smallest absolute Gasteiger partial charge is 0.355 e. The van der Waals surface area contributed by atoms with Crippen molar-refractivity contribution < 1.29 is 19.1 Å². The number of unbranched alkanes of at least 4 members (excludes halogenated alkanes) is 1. The van der Waals surface area contributed by atoms with Crippen molar-refractivity contribution in [3.05, 3.63) is 99.7 Å². The largest absolute Gasteiger partial charge is 0.494 e. The first-order valence-corrected chi connectivity index (χ1v) is 13.1. The molecule has 38 heavy (non-hydrogen) atoms. The fourth-order valence-electron chi connectivity index (χ4n) is 4.05. The zero-order chi connectivity index (χ0) is 26.9. The Hall–Kier alpha value is -3.74. The minimum Gasteiger partial charge on any atom is -0.494 e. The molecule has 0 fully saturated rings. The Morgan fingerprint density at radius 2 is 1.76 bits per heavy atom. The van der Waals surface area contributed by atoms with Gasteiger partial charge < -0.3 is 19.8 Å². The first kappa shape index (κ1) is 27.3. The molecular formula is C30H28Cl2N2O4. The van der Waals surface area contributed by atoms with Crippen LogP contribution in [0.25, 0.3) is 17.0 Å². The van der Waals surface area contributed by atoms with E-state index in [1.165, 1.54) is 17.7 Å². The van der Waals surface area contributed by atoms with Gasteiger partial charge in [-0.05, 0) is 74.2 Å². The number of hydrogen-bond acceptors (Lipinski definition) is 4. The van der Waals surface area contributed by atoms with E-state index >= 15 is 0 Å². The zero-order valence-corrected chi connectivity index (χ0v) is 22.4. The highest BCUT2D eigenvalue weighted by Gasteiger charge is 2.20. The summed E-state index contributed by atoms with van der Waals surface area (Å²) in [7, 11) is 0. The second-order valence-electron chi connectivity index (χ2n) is 8.58. The van der Waals surface area contributed by atoms with Crippen LogP contribution in [0.1, 0.15) is 41.4 Å². The molecule has 0 aliphatic carbocycles. The predicted molar refractivity (Wildman–Crippen MR) is 153 cm³/mol. The molecular weight excluding hydrogens is 523 g/mol. The summed E-state index contributed by atoms with van der Waals surface area (Å²) in [6.45, 7) is 2.55. The summed E-state index contributed by atoms with van der Waals surface area (Å²) < 4.78 is 11.0. The summed E-state index contributed by atoms with van der Waals surface area (Å²) >= 11 is 12.5. The number of benzene rings is 3. The van der Waals surface area contributed by atoms with Crippen molar-refractivity contribution in [2.45, 2.75) is 26.2 Å². The minimum absolute atomic E-state index is 0.195. The topological polar surface area (TPSA) is 80.4 Å². The summed E-state index contributed by atoms with van der Waals surface area (Å²) in [5.41, 5.74) is 3.16. The van der Waals surface area contributed by atoms with Gasteiger partial charge >= 0.3 is 5.97 Å². The van der Waals surface area contributed by atoms with E-state index in [4.69, 9.17) is 32.7 Å². The van der Waals surface area contributed by atoms with Gasteiger partial charge in [0.2, 0.25) is 5.91 Å². The van der Waals surface area contributed by atoms with Crippen LogP contribution in [-0.2, 0) is 16.0 Å². The predicted octanol–water partition coefficient (Wildman–Crippen LogP) is 7.71. The minimum atomic E-state index is -0.549. The standard InChI is InChI=1S/C30H28Cl2N2O4/c1-2-37-30(36)29-24(28-25(32)18-21(31)19-26(28)34-29)15-16-27(35)33-22-11-13-23(14-12-22)38-17-7-6-10-20-8-4-3-5-9-20/h3-5,8-9,11-16,18-19,34H,2,6-7,10,17H2,1H3,(H,33,35)/b16-15+. The van der Waals surface area contributed by atoms with Gasteiger partial charge in [-0.3, -0.25) is 4.79 Å². The molecule has 8 heteroatoms. The lowest BCUT2D eigenvalue weighted by atomic mass is 10.1. The number of aromatic amines is 1. The van der Waals surface area contributed by atoms with Crippen molar-refractivity contribution in [3.63, 3.8) is 0 Å². The summed E-state index contributed by atoms with van der Waals surface area (Å²) in [6, 6.07) is 20.8. The maximum absolute atomic E-state index is 12.6. The maximum atomic E-state index is 12.6. The molecule has 0 atom stereocenters. The van der Waals surface area contributed by atoms with Crippen LogP contribution in [0.3, 0.4) is 0 Å². The molecule has 1 aromatic heterocycles. The summed E-state index contributed by atoms with van der Waals surface area (Å²) in [4.78, 5) is 28.1. The number of aryl methyl sites for hydroxylation is 1. The second-order valence-corrected chi connectivity index (χ2v) is 9.43. The Balaban J connectivity index is 1.35. The highest BCUT2D eigenvalue weighted by Crippen LogP contribution is 2.33. The monoisotopic (exact) mass is 550 g/mol. The number of nitrogens with one attached hydrogen (secondary N) is 2. The van der Waals surface area contributed by atoms with E-state index < -0.39 is 5.97 Å². The van der Waals surface area contributed by atoms with Crippen LogP contribution < -0.4 is 10.1 Å². The fourth-order valence-corrected chi connectivity index (χ4v) is 4.64. The Morgan fingerprint density at radius 1 is 1.00 bits per heavy atom. The van der Waals surface area contributed by atoms with Crippen molar-refractivity contribution >= 4 is 57.7 Å². The number of halogens is 2. The third-order valence-corrected chi connectivity index (χ3v) is 6.34. The van der Waals surface area contributed by atoms with Crippen LogP contribution in [0.4, 0.5) is 5.69 Å². The van der Waals surface area contributed by atoms with E-state index in [2.05, 4.69) is 34.6 Å². The maximum Gasteiger partial charge on any atom is 0.355 e. The average molecular weight is 551 g/mol. The molecule has 196 valence electrons. The highest BCUT2D eigenvalue weighted by atomic mass is 35.5. The molecule has 0 aliphatic rings. The first-order chi connectivity index (χ1) is 18.4. The number of rotatable bonds is 11. The summed E-state index contributed by atoms with van der Waals surface area (Å²) in [5.74, 6) is -0.176. The quantitative estimate of drug-likeness (QED) is 0.114. The molecule has 4 rings (SSSR count). The molecule has 2 N–H and O–H groups in total. The molecule has 0 saturated heterocycles. The van der Waals surface area contributed by atoms with Crippen LogP contribution >= 0.6 is 23.2 Å². The van der Waals surface area contributed by atoms with Gasteiger partial charge in [-0.2, -0.15) is 0 Å². The third kappa shape index (κ3) is 7.18. The fraction of sp³-hybridized carbons (Fsp3) is 0.200. The number of ether oxygens (including phenoxy) is 2. The Morgan fingerprint density at radius 3 is 2.50 bits per heavy atom. The molecule has 1 amide bonds. The molecule has 6 nitrogen and oxygen atoms in total. The molecule has 0 spiro atoms. The van der Waals surface area contributed by atoms with Gasteiger partial charge in [0.1, 0.15) is 11.4 Å². The molecule has 4 aromatic rings. The molecule has 0 saturated carbocycles. The highest BCUT2D eigenvalue weighted by molar-refractivity contribution is 6.39. The molecule has 0 radical (unpaired) electrons. The van der Waals surface area contributed by atoms with Crippen LogP contribution in [0, 0.1) is 0 Å². The van der Waals surface area contributed by atoms with Crippen LogP contribution in [0.2, 0.25) is 10.0 Å². The van der Waals surface area contributed by atoms with Gasteiger partial charge in [0, 0.05) is 33.3 Å². The van der Waals surface area contributed by atoms with Crippen molar-refractivity contribution in [2.75, 3.05) is 18.5 Å². The van der Waals surface area contributed by atoms with Gasteiger partial charge in [-0.15, -0.1) is 0 Å². The van der Waals surface area contributed by atoms with E-state index in [-0.39, 0.29) is 18.2 Å². The van der Waals surface area contributed by atoms with Gasteiger partial charge in [-0.25, -0.2) is 4.79 Å². The number of hydrogen-bond donors (Lipinski definition) is 2. The van der Waals surface area contributed by atoms with E-state index in [0.717, 1.165) is 25.0 Å². The van der Waals surface area contributed by atoms with Gasteiger partial charge in [0.25, 0.3) is 0 Å². The molecule has 1 heterocycles. The lowest BCUT2D eigenvalue weighted by Gasteiger charge is -2.08. The SMILES string of the molecule is CCOC(=O)c1[nH]c2cc(Cl)cc(Cl)c2c1/C=C/C(=O)Nc1ccc(OCCCCc2ccccc2)cc1. The number of esters is 1. The molecule has 0 unspecified atom stereocenters. The van der Waals surface area contributed by atoms with Crippen LogP contribution in [-0.4, -0.2) is 30.1 Å². The number of carbonyl (C=O) groups excluding carboxylic acids is 2. The van der Waals surface area contributed by atoms with Gasteiger partial charge in [0.15, 0.2) is 0 Å². The Labute approximate surface area is 231 Å². The molecule has 0 bridgehead atoms. The van der Waals surface area contributed by atoms with E-state index in [1.807, 2.05) is 18.2 Å². The third-order valence-electron chi connectivity index (χ3n) is 5.83. The molecule has 3 aromatic carbocycles. The Bertz CT molecular complexity index is 1430. The Kier molecular flexibility index (Phi) is 9.46. The van der Waals surface area contributed by atoms with Crippen molar-refractivity contribution in [3.8, 4) is 5.75 Å². The van der Waals surface area contributed by atoms with Crippen molar-refractivity contribution in [1.82, 2.24) is 4.98 Å². The number of amides is 1. The summed E-state index contributed by atoms with van der Waals surface area (Å²) in [6.07, 6.45) is 5.91. The van der Waals surface area contributed by atoms with Crippen LogP contribution in [0.15, 0.2) is 72.8 Å². The van der Waals surface area contributed by atoms with Gasteiger partial charge in [-0.1, -0.05) is 53.5 Å². The van der Waals surface area contributed by atoms with E-state index in [0.29, 0.717) is 38.8 Å². The normalized spacial score (nSPS) is 11.1. The van der Waals surface area contributed by atoms with Crippen molar-refractivity contribution in [1.29, 1.82) is 0 Å². The number of H-pyrrole nitrogens is 1. The first-order valence-electron chi connectivity index (χ1n) is 12.4. The van der Waals surface area contributed by atoms with Crippen LogP contribution in [0.5, 0.6) is 5.75 Å². The van der Waals surface area contributed by atoms with Crippen molar-refractivity contribution in [2.24, 2.45) is 0 Å². The van der Waals surface area contributed by atoms with E-state index in [1.54, 1.807) is 31.2 Å². The van der Waals surface area contributed by atoms with Gasteiger partial charge in [0.05, 0.1) is 18.2 Å². The molecule has 0 aliphatic heterocycles. The number of aromatic nitrogens is 1. The van der Waals surface area contributed by atoms with E-state index in [9.17, 15) is 9.59 Å². The number of anilines is 1. The second kappa shape index (κ2) is 13.2. The average Bonchev–Trinajstić information content (AvgIpc) is 3.28. The number of fused-ring (bicyclic) bond motifs is 1. The summed E-state index contributed by atoms with van der Waals surface area (Å²) in [5, 5.41) is 4.17. The lowest BCUT2D eigenvalue weighted by Crippen LogP contribution is -2.09.